The Hall–Kier alpha value is -2.08. The van der Waals surface area contributed by atoms with Crippen molar-refractivity contribution in [3.05, 3.63) is 40.3 Å². The highest BCUT2D eigenvalue weighted by Crippen LogP contribution is 2.18. The van der Waals surface area contributed by atoms with E-state index in [1.807, 2.05) is 31.2 Å². The molecule has 0 atom stereocenters. The average molecular weight is 293 g/mol. The van der Waals surface area contributed by atoms with Gasteiger partial charge in [0.25, 0.3) is 0 Å². The fraction of sp³-hybridized carbons (Fsp3) is 0.286. The summed E-state index contributed by atoms with van der Waals surface area (Å²) in [5.41, 5.74) is 0.0890. The molecule has 0 saturated carbocycles. The van der Waals surface area contributed by atoms with Crippen LogP contribution in [0.1, 0.15) is 22.4 Å². The second kappa shape index (κ2) is 6.91. The van der Waals surface area contributed by atoms with E-state index in [1.165, 1.54) is 16.7 Å². The average Bonchev–Trinajstić information content (AvgIpc) is 2.90. The van der Waals surface area contributed by atoms with Crippen LogP contribution in [0.3, 0.4) is 0 Å². The number of benzene rings is 1. The summed E-state index contributed by atoms with van der Waals surface area (Å²) in [7, 11) is 0. The van der Waals surface area contributed by atoms with Gasteiger partial charge in [-0.05, 0) is 31.2 Å². The van der Waals surface area contributed by atoms with Gasteiger partial charge < -0.3 is 14.6 Å². The first-order valence-electron chi connectivity index (χ1n) is 6.22. The third kappa shape index (κ3) is 3.96. The standard InChI is InChI=1S/C14H15NO4S/c1-2-18-10-3-5-11(6-4-10)19-8-7-13-15-12(9-20-13)14(16)17/h3-6,9H,2,7-8H2,1H3,(H,16,17). The first kappa shape index (κ1) is 14.3. The number of thiazole rings is 1. The Morgan fingerprint density at radius 3 is 2.45 bits per heavy atom. The van der Waals surface area contributed by atoms with Gasteiger partial charge in [-0.3, -0.25) is 0 Å². The van der Waals surface area contributed by atoms with Crippen molar-refractivity contribution in [1.29, 1.82) is 0 Å². The van der Waals surface area contributed by atoms with E-state index >= 15 is 0 Å². The lowest BCUT2D eigenvalue weighted by molar-refractivity contribution is 0.0691. The largest absolute Gasteiger partial charge is 0.494 e. The van der Waals surface area contributed by atoms with Crippen LogP contribution in [-0.4, -0.2) is 29.3 Å². The summed E-state index contributed by atoms with van der Waals surface area (Å²) >= 11 is 1.33. The van der Waals surface area contributed by atoms with Crippen LogP contribution in [0.25, 0.3) is 0 Å². The fourth-order valence-corrected chi connectivity index (χ4v) is 2.33. The molecule has 0 amide bonds. The van der Waals surface area contributed by atoms with Gasteiger partial charge in [-0.1, -0.05) is 0 Å². The Morgan fingerprint density at radius 2 is 1.90 bits per heavy atom. The Kier molecular flexibility index (Phi) is 4.95. The predicted molar refractivity (Wildman–Crippen MR) is 75.9 cm³/mol. The molecule has 0 radical (unpaired) electrons. The van der Waals surface area contributed by atoms with E-state index in [0.29, 0.717) is 19.6 Å². The molecule has 2 rings (SSSR count). The zero-order valence-electron chi connectivity index (χ0n) is 11.0. The van der Waals surface area contributed by atoms with E-state index in [9.17, 15) is 4.79 Å². The topological polar surface area (TPSA) is 68.7 Å². The molecule has 0 aliphatic rings. The molecule has 1 aromatic carbocycles. The van der Waals surface area contributed by atoms with Crippen LogP contribution in [0.15, 0.2) is 29.6 Å². The van der Waals surface area contributed by atoms with Gasteiger partial charge in [0.15, 0.2) is 5.69 Å². The zero-order valence-corrected chi connectivity index (χ0v) is 11.9. The normalized spacial score (nSPS) is 10.2. The molecule has 0 fully saturated rings. The minimum atomic E-state index is -1.00. The molecular weight excluding hydrogens is 278 g/mol. The summed E-state index contributed by atoms with van der Waals surface area (Å²) in [5, 5.41) is 11.1. The number of hydrogen-bond donors (Lipinski definition) is 1. The summed E-state index contributed by atoms with van der Waals surface area (Å²) in [5.74, 6) is 0.564. The molecule has 1 N–H and O–H groups in total. The maximum atomic E-state index is 10.7. The SMILES string of the molecule is CCOc1ccc(OCCc2nc(C(=O)O)cs2)cc1. The molecule has 6 heteroatoms. The number of nitrogens with zero attached hydrogens (tertiary/aromatic N) is 1. The van der Waals surface area contributed by atoms with Crippen LogP contribution in [0, 0.1) is 0 Å². The number of hydrogen-bond acceptors (Lipinski definition) is 5. The number of ether oxygens (including phenoxy) is 2. The van der Waals surface area contributed by atoms with Crippen LogP contribution >= 0.6 is 11.3 Å². The Bertz CT molecular complexity index is 565. The molecule has 5 nitrogen and oxygen atoms in total. The minimum absolute atomic E-state index is 0.0890. The lowest BCUT2D eigenvalue weighted by Gasteiger charge is -2.06. The lowest BCUT2D eigenvalue weighted by Crippen LogP contribution is -2.02. The Morgan fingerprint density at radius 1 is 1.25 bits per heavy atom. The quantitative estimate of drug-likeness (QED) is 0.850. The number of aromatic nitrogens is 1. The number of carbonyl (C=O) groups is 1. The molecule has 20 heavy (non-hydrogen) atoms. The second-order valence-corrected chi connectivity index (χ2v) is 4.88. The smallest absolute Gasteiger partial charge is 0.355 e. The molecule has 106 valence electrons. The fourth-order valence-electron chi connectivity index (χ4n) is 1.58. The monoisotopic (exact) mass is 293 g/mol. The Labute approximate surface area is 120 Å². The van der Waals surface area contributed by atoms with Crippen LogP contribution < -0.4 is 9.47 Å². The molecular formula is C14H15NO4S. The van der Waals surface area contributed by atoms with Crippen LogP contribution in [0.4, 0.5) is 0 Å². The molecule has 0 saturated heterocycles. The summed E-state index contributed by atoms with van der Waals surface area (Å²) in [6.07, 6.45) is 0.588. The number of aromatic carboxylic acids is 1. The minimum Gasteiger partial charge on any atom is -0.494 e. The van der Waals surface area contributed by atoms with Gasteiger partial charge in [0, 0.05) is 11.8 Å². The van der Waals surface area contributed by atoms with Crippen molar-refractivity contribution in [2.75, 3.05) is 13.2 Å². The van der Waals surface area contributed by atoms with Gasteiger partial charge in [0.1, 0.15) is 11.5 Å². The molecule has 0 bridgehead atoms. The molecule has 1 heterocycles. The lowest BCUT2D eigenvalue weighted by atomic mass is 10.3. The van der Waals surface area contributed by atoms with E-state index in [-0.39, 0.29) is 5.69 Å². The highest BCUT2D eigenvalue weighted by Gasteiger charge is 2.08. The van der Waals surface area contributed by atoms with Gasteiger partial charge in [-0.2, -0.15) is 0 Å². The van der Waals surface area contributed by atoms with Crippen molar-refractivity contribution in [1.82, 2.24) is 4.98 Å². The van der Waals surface area contributed by atoms with Crippen molar-refractivity contribution < 1.29 is 19.4 Å². The van der Waals surface area contributed by atoms with Crippen LogP contribution in [0.5, 0.6) is 11.5 Å². The van der Waals surface area contributed by atoms with Gasteiger partial charge in [0.05, 0.1) is 18.2 Å². The third-order valence-corrected chi connectivity index (χ3v) is 3.40. The van der Waals surface area contributed by atoms with Crippen molar-refractivity contribution in [2.24, 2.45) is 0 Å². The summed E-state index contributed by atoms with van der Waals surface area (Å²) in [4.78, 5) is 14.7. The highest BCUT2D eigenvalue weighted by molar-refractivity contribution is 7.09. The Balaban J connectivity index is 1.81. The summed E-state index contributed by atoms with van der Waals surface area (Å²) in [6.45, 7) is 3.03. The maximum Gasteiger partial charge on any atom is 0.355 e. The number of carboxylic acid groups (broad SMARTS) is 1. The maximum absolute atomic E-state index is 10.7. The van der Waals surface area contributed by atoms with Crippen molar-refractivity contribution in [3.63, 3.8) is 0 Å². The molecule has 1 aromatic heterocycles. The molecule has 0 aliphatic heterocycles. The van der Waals surface area contributed by atoms with E-state index in [1.54, 1.807) is 0 Å². The first-order chi connectivity index (χ1) is 9.69. The molecule has 0 aliphatic carbocycles. The second-order valence-electron chi connectivity index (χ2n) is 3.93. The van der Waals surface area contributed by atoms with E-state index in [0.717, 1.165) is 16.5 Å². The zero-order chi connectivity index (χ0) is 14.4. The van der Waals surface area contributed by atoms with Gasteiger partial charge in [0.2, 0.25) is 0 Å². The van der Waals surface area contributed by atoms with Crippen molar-refractivity contribution in [3.8, 4) is 11.5 Å². The van der Waals surface area contributed by atoms with Crippen LogP contribution in [-0.2, 0) is 6.42 Å². The third-order valence-electron chi connectivity index (χ3n) is 2.49. The van der Waals surface area contributed by atoms with E-state index in [4.69, 9.17) is 14.6 Å². The molecule has 0 unspecified atom stereocenters. The molecule has 2 aromatic rings. The van der Waals surface area contributed by atoms with Crippen molar-refractivity contribution in [2.45, 2.75) is 13.3 Å². The van der Waals surface area contributed by atoms with Gasteiger partial charge in [-0.15, -0.1) is 11.3 Å². The van der Waals surface area contributed by atoms with E-state index < -0.39 is 5.97 Å². The number of carboxylic acids is 1. The molecule has 0 spiro atoms. The summed E-state index contributed by atoms with van der Waals surface area (Å²) < 4.78 is 10.9. The highest BCUT2D eigenvalue weighted by atomic mass is 32.1. The van der Waals surface area contributed by atoms with Gasteiger partial charge in [-0.25, -0.2) is 9.78 Å². The van der Waals surface area contributed by atoms with E-state index in [2.05, 4.69) is 4.98 Å². The summed E-state index contributed by atoms with van der Waals surface area (Å²) in [6, 6.07) is 7.39. The number of rotatable bonds is 7. The predicted octanol–water partition coefficient (Wildman–Crippen LogP) is 2.86. The first-order valence-corrected chi connectivity index (χ1v) is 7.10. The van der Waals surface area contributed by atoms with Crippen molar-refractivity contribution >= 4 is 17.3 Å². The van der Waals surface area contributed by atoms with Crippen LogP contribution in [0.2, 0.25) is 0 Å². The van der Waals surface area contributed by atoms with Gasteiger partial charge >= 0.3 is 5.97 Å².